The average molecular weight is 323 g/mol. The molecule has 2 N–H and O–H groups in total. The van der Waals surface area contributed by atoms with Crippen LogP contribution in [0.1, 0.15) is 12.8 Å². The van der Waals surface area contributed by atoms with E-state index in [1.807, 2.05) is 0 Å². The Morgan fingerprint density at radius 1 is 1.33 bits per heavy atom. The Balaban J connectivity index is 2.18. The molecule has 1 aromatic carbocycles. The van der Waals surface area contributed by atoms with Crippen molar-refractivity contribution in [3.05, 3.63) is 22.7 Å². The highest BCUT2D eigenvalue weighted by Crippen LogP contribution is 2.37. The quantitative estimate of drug-likeness (QED) is 0.797. The van der Waals surface area contributed by atoms with E-state index in [-0.39, 0.29) is 13.0 Å². The molecule has 18 heavy (non-hydrogen) atoms. The van der Waals surface area contributed by atoms with Crippen LogP contribution < -0.4 is 10.6 Å². The normalized spacial score (nSPS) is 21.1. The van der Waals surface area contributed by atoms with Crippen LogP contribution in [0.3, 0.4) is 0 Å². The van der Waals surface area contributed by atoms with Crippen molar-refractivity contribution in [2.45, 2.75) is 19.0 Å². The van der Waals surface area contributed by atoms with E-state index in [1.54, 1.807) is 23.1 Å². The molecule has 0 spiro atoms. The van der Waals surface area contributed by atoms with Crippen LogP contribution >= 0.6 is 15.9 Å². The molecule has 2 rings (SSSR count). The molecule has 1 fully saturated rings. The summed E-state index contributed by atoms with van der Waals surface area (Å²) in [5.41, 5.74) is 6.99. The third-order valence-electron chi connectivity index (χ3n) is 3.20. The molecule has 0 radical (unpaired) electrons. The number of benzene rings is 1. The van der Waals surface area contributed by atoms with Crippen molar-refractivity contribution >= 4 is 27.3 Å². The average Bonchev–Trinajstić information content (AvgIpc) is 2.28. The summed E-state index contributed by atoms with van der Waals surface area (Å²) in [4.78, 5) is 1.77. The second kappa shape index (κ2) is 4.99. The molecule has 6 heteroatoms. The van der Waals surface area contributed by atoms with Gasteiger partial charge in [-0.1, -0.05) is 0 Å². The van der Waals surface area contributed by atoms with Gasteiger partial charge in [0.1, 0.15) is 0 Å². The zero-order valence-electron chi connectivity index (χ0n) is 9.67. The fourth-order valence-corrected chi connectivity index (χ4v) is 2.89. The van der Waals surface area contributed by atoms with Crippen LogP contribution in [0.25, 0.3) is 0 Å². The summed E-state index contributed by atoms with van der Waals surface area (Å²) in [7, 11) is 0. The maximum absolute atomic E-state index is 12.7. The van der Waals surface area contributed by atoms with Crippen molar-refractivity contribution in [1.29, 1.82) is 0 Å². The van der Waals surface area contributed by atoms with Crippen molar-refractivity contribution < 1.29 is 13.2 Å². The Labute approximate surface area is 112 Å². The number of anilines is 2. The summed E-state index contributed by atoms with van der Waals surface area (Å²) in [6.45, 7) is 0.668. The molecule has 1 aromatic rings. The standard InChI is InChI=1S/C12H14BrF3N2/c13-10-6-9(17)3-4-11(10)18-5-1-2-8(7-18)12(14,15)16/h3-4,6,8H,1-2,5,7,17H2. The van der Waals surface area contributed by atoms with Crippen LogP contribution in [-0.4, -0.2) is 19.3 Å². The minimum atomic E-state index is -4.11. The molecule has 0 saturated carbocycles. The predicted octanol–water partition coefficient (Wildman–Crippen LogP) is 3.81. The zero-order chi connectivity index (χ0) is 13.3. The van der Waals surface area contributed by atoms with Crippen molar-refractivity contribution in [2.24, 2.45) is 5.92 Å². The second-order valence-corrected chi connectivity index (χ2v) is 5.39. The second-order valence-electron chi connectivity index (χ2n) is 4.54. The highest BCUT2D eigenvalue weighted by atomic mass is 79.9. The van der Waals surface area contributed by atoms with Gasteiger partial charge in [0.2, 0.25) is 0 Å². The number of nitrogens with two attached hydrogens (primary N) is 1. The highest BCUT2D eigenvalue weighted by molar-refractivity contribution is 9.10. The Hall–Kier alpha value is -0.910. The Kier molecular flexibility index (Phi) is 3.75. The SMILES string of the molecule is Nc1ccc(N2CCCC(C(F)(F)F)C2)c(Br)c1. The van der Waals surface area contributed by atoms with Gasteiger partial charge in [-0.25, -0.2) is 0 Å². The lowest BCUT2D eigenvalue weighted by molar-refractivity contribution is -0.175. The van der Waals surface area contributed by atoms with E-state index in [9.17, 15) is 13.2 Å². The Morgan fingerprint density at radius 2 is 2.06 bits per heavy atom. The fourth-order valence-electron chi connectivity index (χ4n) is 2.24. The predicted molar refractivity (Wildman–Crippen MR) is 69.5 cm³/mol. The minimum Gasteiger partial charge on any atom is -0.399 e. The lowest BCUT2D eigenvalue weighted by atomic mass is 9.97. The summed E-state index contributed by atoms with van der Waals surface area (Å²) in [5, 5.41) is 0. The number of alkyl halides is 3. The van der Waals surface area contributed by atoms with Gasteiger partial charge in [-0.2, -0.15) is 13.2 Å². The molecular formula is C12H14BrF3N2. The third-order valence-corrected chi connectivity index (χ3v) is 3.83. The highest BCUT2D eigenvalue weighted by Gasteiger charge is 2.42. The molecule has 1 atom stereocenters. The molecule has 1 aliphatic rings. The van der Waals surface area contributed by atoms with Gasteiger partial charge in [-0.05, 0) is 47.0 Å². The van der Waals surface area contributed by atoms with E-state index in [4.69, 9.17) is 5.73 Å². The summed E-state index contributed by atoms with van der Waals surface area (Å²) in [6, 6.07) is 5.18. The van der Waals surface area contributed by atoms with Crippen molar-refractivity contribution in [3.8, 4) is 0 Å². The molecule has 2 nitrogen and oxygen atoms in total. The van der Waals surface area contributed by atoms with Crippen molar-refractivity contribution in [3.63, 3.8) is 0 Å². The summed E-state index contributed by atoms with van der Waals surface area (Å²) in [6.07, 6.45) is -3.34. The maximum Gasteiger partial charge on any atom is 0.393 e. The first-order valence-electron chi connectivity index (χ1n) is 5.74. The van der Waals surface area contributed by atoms with E-state index in [0.717, 1.165) is 10.2 Å². The van der Waals surface area contributed by atoms with Gasteiger partial charge < -0.3 is 10.6 Å². The number of hydrogen-bond donors (Lipinski definition) is 1. The van der Waals surface area contributed by atoms with Crippen LogP contribution in [0.4, 0.5) is 24.5 Å². The molecule has 0 aliphatic carbocycles. The molecule has 1 unspecified atom stereocenters. The monoisotopic (exact) mass is 322 g/mol. The van der Waals surface area contributed by atoms with E-state index >= 15 is 0 Å². The first-order valence-corrected chi connectivity index (χ1v) is 6.54. The van der Waals surface area contributed by atoms with Gasteiger partial charge in [0.05, 0.1) is 11.6 Å². The molecule has 0 bridgehead atoms. The van der Waals surface area contributed by atoms with E-state index in [1.165, 1.54) is 0 Å². The molecule has 100 valence electrons. The van der Waals surface area contributed by atoms with Gasteiger partial charge in [0.15, 0.2) is 0 Å². The molecule has 0 amide bonds. The van der Waals surface area contributed by atoms with Crippen molar-refractivity contribution in [1.82, 2.24) is 0 Å². The first-order chi connectivity index (χ1) is 8.38. The van der Waals surface area contributed by atoms with Gasteiger partial charge in [-0.3, -0.25) is 0 Å². The minimum absolute atomic E-state index is 0.0199. The topological polar surface area (TPSA) is 29.3 Å². The lowest BCUT2D eigenvalue weighted by Gasteiger charge is -2.35. The van der Waals surface area contributed by atoms with Crippen LogP contribution in [0.15, 0.2) is 22.7 Å². The number of nitrogen functional groups attached to an aromatic ring is 1. The van der Waals surface area contributed by atoms with Gasteiger partial charge in [0, 0.05) is 23.2 Å². The number of halogens is 4. The zero-order valence-corrected chi connectivity index (χ0v) is 11.3. The molecule has 1 saturated heterocycles. The maximum atomic E-state index is 12.7. The van der Waals surface area contributed by atoms with E-state index in [2.05, 4.69) is 15.9 Å². The van der Waals surface area contributed by atoms with Crippen LogP contribution in [0, 0.1) is 5.92 Å². The molecule has 1 heterocycles. The summed E-state index contributed by atoms with van der Waals surface area (Å²) < 4.78 is 39.0. The number of piperidine rings is 1. The third kappa shape index (κ3) is 2.91. The van der Waals surface area contributed by atoms with Gasteiger partial charge >= 0.3 is 6.18 Å². The van der Waals surface area contributed by atoms with E-state index < -0.39 is 12.1 Å². The number of rotatable bonds is 1. The Morgan fingerprint density at radius 3 is 2.67 bits per heavy atom. The van der Waals surface area contributed by atoms with Crippen LogP contribution in [-0.2, 0) is 0 Å². The summed E-state index contributed by atoms with van der Waals surface area (Å²) in [5.74, 6) is -1.24. The number of hydrogen-bond acceptors (Lipinski definition) is 2. The molecule has 0 aromatic heterocycles. The first kappa shape index (κ1) is 13.5. The van der Waals surface area contributed by atoms with Gasteiger partial charge in [-0.15, -0.1) is 0 Å². The largest absolute Gasteiger partial charge is 0.399 e. The van der Waals surface area contributed by atoms with E-state index in [0.29, 0.717) is 18.7 Å². The fraction of sp³-hybridized carbons (Fsp3) is 0.500. The number of nitrogens with zero attached hydrogens (tertiary/aromatic N) is 1. The molecular weight excluding hydrogens is 309 g/mol. The Bertz CT molecular complexity index is 434. The van der Waals surface area contributed by atoms with Gasteiger partial charge in [0.25, 0.3) is 0 Å². The van der Waals surface area contributed by atoms with Crippen LogP contribution in [0.2, 0.25) is 0 Å². The smallest absolute Gasteiger partial charge is 0.393 e. The van der Waals surface area contributed by atoms with Crippen molar-refractivity contribution in [2.75, 3.05) is 23.7 Å². The van der Waals surface area contributed by atoms with Crippen LogP contribution in [0.5, 0.6) is 0 Å². The lowest BCUT2D eigenvalue weighted by Crippen LogP contribution is -2.41. The molecule has 1 aliphatic heterocycles. The summed E-state index contributed by atoms with van der Waals surface area (Å²) >= 11 is 3.35.